The van der Waals surface area contributed by atoms with Gasteiger partial charge in [0.05, 0.1) is 12.2 Å². The Balaban J connectivity index is 0.000000321. The van der Waals surface area contributed by atoms with E-state index in [4.69, 9.17) is 5.26 Å². The summed E-state index contributed by atoms with van der Waals surface area (Å²) in [5.74, 6) is 1.02. The molecular weight excluding hydrogens is 378 g/mol. The monoisotopic (exact) mass is 417 g/mol. The van der Waals surface area contributed by atoms with Gasteiger partial charge in [-0.15, -0.1) is 11.3 Å². The molecule has 162 valence electrons. The number of hydrogen-bond donors (Lipinski definition) is 1. The topological polar surface area (TPSA) is 61.1 Å². The molecule has 1 N–H and O–H groups in total. The van der Waals surface area contributed by atoms with Gasteiger partial charge in [0.15, 0.2) is 0 Å². The predicted octanol–water partition coefficient (Wildman–Crippen LogP) is 6.80. The summed E-state index contributed by atoms with van der Waals surface area (Å²) in [4.78, 5) is 11.1. The average molecular weight is 418 g/mol. The SMILES string of the molecule is CCCCCCC=O.N#C[C@@H]1CCC(CCCC(O)C2(c3cccs3)CCC2)C1. The number of unbranched alkanes of at least 4 members (excludes halogenated alkanes) is 4. The minimum atomic E-state index is -0.182. The first-order valence-corrected chi connectivity index (χ1v) is 12.6. The second kappa shape index (κ2) is 13.2. The summed E-state index contributed by atoms with van der Waals surface area (Å²) in [6.07, 6.45) is 16.5. The van der Waals surface area contributed by atoms with Crippen molar-refractivity contribution in [3.8, 4) is 6.07 Å². The lowest BCUT2D eigenvalue weighted by molar-refractivity contribution is -0.107. The maximum absolute atomic E-state index is 10.7. The van der Waals surface area contributed by atoms with Gasteiger partial charge in [-0.05, 0) is 62.3 Å². The van der Waals surface area contributed by atoms with Gasteiger partial charge in [-0.3, -0.25) is 0 Å². The van der Waals surface area contributed by atoms with Crippen LogP contribution in [0.25, 0.3) is 0 Å². The zero-order valence-electron chi connectivity index (χ0n) is 18.2. The summed E-state index contributed by atoms with van der Waals surface area (Å²) in [5.41, 5.74) is 0.0685. The number of nitriles is 1. The van der Waals surface area contributed by atoms with E-state index in [1.807, 2.05) is 0 Å². The second-order valence-electron chi connectivity index (χ2n) is 8.95. The molecular formula is C25H39NO2S. The highest BCUT2D eigenvalue weighted by molar-refractivity contribution is 7.10. The van der Waals surface area contributed by atoms with Crippen molar-refractivity contribution in [1.82, 2.24) is 0 Å². The minimum Gasteiger partial charge on any atom is -0.392 e. The first-order valence-electron chi connectivity index (χ1n) is 11.7. The molecule has 4 heteroatoms. The van der Waals surface area contributed by atoms with E-state index >= 15 is 0 Å². The lowest BCUT2D eigenvalue weighted by atomic mass is 9.63. The molecule has 2 aliphatic rings. The molecule has 2 unspecified atom stereocenters. The maximum Gasteiger partial charge on any atom is 0.119 e. The van der Waals surface area contributed by atoms with E-state index in [1.54, 1.807) is 11.3 Å². The summed E-state index contributed by atoms with van der Waals surface area (Å²) in [6, 6.07) is 6.71. The van der Waals surface area contributed by atoms with Crippen molar-refractivity contribution < 1.29 is 9.90 Å². The van der Waals surface area contributed by atoms with Crippen molar-refractivity contribution in [3.63, 3.8) is 0 Å². The maximum atomic E-state index is 10.7. The van der Waals surface area contributed by atoms with E-state index < -0.39 is 0 Å². The van der Waals surface area contributed by atoms with Gasteiger partial charge in [0.2, 0.25) is 0 Å². The summed E-state index contributed by atoms with van der Waals surface area (Å²) in [5, 5.41) is 21.8. The Kier molecular flexibility index (Phi) is 11.0. The van der Waals surface area contributed by atoms with Crippen molar-refractivity contribution in [1.29, 1.82) is 5.26 Å². The molecule has 0 aromatic carbocycles. The van der Waals surface area contributed by atoms with Crippen molar-refractivity contribution in [2.24, 2.45) is 11.8 Å². The summed E-state index contributed by atoms with van der Waals surface area (Å²) in [7, 11) is 0. The highest BCUT2D eigenvalue weighted by Crippen LogP contribution is 2.49. The van der Waals surface area contributed by atoms with Crippen molar-refractivity contribution >= 4 is 17.6 Å². The zero-order valence-corrected chi connectivity index (χ0v) is 19.0. The molecule has 0 spiro atoms. The molecule has 0 aliphatic heterocycles. The van der Waals surface area contributed by atoms with E-state index in [9.17, 15) is 9.90 Å². The molecule has 2 saturated carbocycles. The third kappa shape index (κ3) is 7.23. The molecule has 2 fully saturated rings. The third-order valence-electron chi connectivity index (χ3n) is 6.88. The van der Waals surface area contributed by atoms with Crippen LogP contribution in [0.3, 0.4) is 0 Å². The standard InChI is InChI=1S/C18H25NOS.C7H14O/c19-13-15-8-7-14(12-15)4-1-5-16(20)18(9-3-10-18)17-6-2-11-21-17;1-2-3-4-5-6-7-8/h2,6,11,14-16,20H,1,3-5,7-10,12H2;7H,2-6H2,1H3/t14?,15-,16?;/m1./s1. The van der Waals surface area contributed by atoms with Gasteiger partial charge in [0, 0.05) is 22.6 Å². The molecule has 2 aliphatic carbocycles. The van der Waals surface area contributed by atoms with Crippen molar-refractivity contribution in [2.45, 2.75) is 108 Å². The molecule has 1 aromatic heterocycles. The van der Waals surface area contributed by atoms with E-state index in [0.717, 1.165) is 63.6 Å². The number of nitrogens with zero attached hydrogens (tertiary/aromatic N) is 1. The Morgan fingerprint density at radius 2 is 2.14 bits per heavy atom. The Hall–Kier alpha value is -1.18. The fraction of sp³-hybridized carbons (Fsp3) is 0.760. The molecule has 0 bridgehead atoms. The smallest absolute Gasteiger partial charge is 0.119 e. The van der Waals surface area contributed by atoms with Gasteiger partial charge in [0.25, 0.3) is 0 Å². The zero-order chi connectivity index (χ0) is 21.0. The Morgan fingerprint density at radius 1 is 1.31 bits per heavy atom. The van der Waals surface area contributed by atoms with Crippen LogP contribution in [0.5, 0.6) is 0 Å². The van der Waals surface area contributed by atoms with E-state index in [-0.39, 0.29) is 11.5 Å². The van der Waals surface area contributed by atoms with E-state index in [2.05, 4.69) is 30.5 Å². The molecule has 0 amide bonds. The van der Waals surface area contributed by atoms with Crippen LogP contribution in [0.2, 0.25) is 0 Å². The number of hydrogen-bond acceptors (Lipinski definition) is 4. The molecule has 0 saturated heterocycles. The highest BCUT2D eigenvalue weighted by atomic mass is 32.1. The molecule has 3 atom stereocenters. The predicted molar refractivity (Wildman–Crippen MR) is 121 cm³/mol. The molecule has 29 heavy (non-hydrogen) atoms. The Labute approximate surface area is 181 Å². The fourth-order valence-corrected chi connectivity index (χ4v) is 5.88. The van der Waals surface area contributed by atoms with Crippen LogP contribution in [-0.4, -0.2) is 17.5 Å². The van der Waals surface area contributed by atoms with Crippen molar-refractivity contribution in [2.75, 3.05) is 0 Å². The van der Waals surface area contributed by atoms with E-state index in [0.29, 0.717) is 5.92 Å². The van der Waals surface area contributed by atoms with Gasteiger partial charge in [-0.25, -0.2) is 0 Å². The number of carbonyl (C=O) groups is 1. The number of aliphatic hydroxyl groups excluding tert-OH is 1. The summed E-state index contributed by atoms with van der Waals surface area (Å²) >= 11 is 1.80. The van der Waals surface area contributed by atoms with E-state index in [1.165, 1.54) is 43.4 Å². The lowest BCUT2D eigenvalue weighted by Crippen LogP contribution is -2.44. The van der Waals surface area contributed by atoms with Gasteiger partial charge in [-0.1, -0.05) is 51.5 Å². The number of rotatable bonds is 11. The van der Waals surface area contributed by atoms with Crippen LogP contribution in [-0.2, 0) is 10.2 Å². The molecule has 3 rings (SSSR count). The Morgan fingerprint density at radius 3 is 2.69 bits per heavy atom. The fourth-order valence-electron chi connectivity index (χ4n) is 4.85. The minimum absolute atomic E-state index is 0.0685. The number of carbonyl (C=O) groups excluding carboxylic acids is 1. The number of thiophene rings is 1. The summed E-state index contributed by atoms with van der Waals surface area (Å²) in [6.45, 7) is 2.17. The van der Waals surface area contributed by atoms with Crippen LogP contribution < -0.4 is 0 Å². The summed E-state index contributed by atoms with van der Waals surface area (Å²) < 4.78 is 0. The number of aldehydes is 1. The van der Waals surface area contributed by atoms with Crippen LogP contribution in [0.4, 0.5) is 0 Å². The van der Waals surface area contributed by atoms with Gasteiger partial charge in [0.1, 0.15) is 6.29 Å². The third-order valence-corrected chi connectivity index (χ3v) is 7.97. The van der Waals surface area contributed by atoms with Gasteiger partial charge >= 0.3 is 0 Å². The van der Waals surface area contributed by atoms with Crippen LogP contribution in [0.15, 0.2) is 17.5 Å². The van der Waals surface area contributed by atoms with Crippen molar-refractivity contribution in [3.05, 3.63) is 22.4 Å². The molecule has 0 radical (unpaired) electrons. The molecule has 1 heterocycles. The van der Waals surface area contributed by atoms with Crippen LogP contribution in [0, 0.1) is 23.2 Å². The Bertz CT molecular complexity index is 603. The number of aliphatic hydroxyl groups is 1. The first kappa shape index (κ1) is 24.1. The van der Waals surface area contributed by atoms with Gasteiger partial charge in [-0.2, -0.15) is 5.26 Å². The lowest BCUT2D eigenvalue weighted by Gasteiger charge is -2.45. The molecule has 3 nitrogen and oxygen atoms in total. The average Bonchev–Trinajstić information content (AvgIpc) is 3.37. The largest absolute Gasteiger partial charge is 0.392 e. The normalized spacial score (nSPS) is 23.3. The highest BCUT2D eigenvalue weighted by Gasteiger charge is 2.45. The van der Waals surface area contributed by atoms with Crippen LogP contribution >= 0.6 is 11.3 Å². The quantitative estimate of drug-likeness (QED) is 0.318. The van der Waals surface area contributed by atoms with Crippen LogP contribution in [0.1, 0.15) is 102 Å². The molecule has 1 aromatic rings. The first-order chi connectivity index (χ1) is 14.2. The second-order valence-corrected chi connectivity index (χ2v) is 9.90. The van der Waals surface area contributed by atoms with Gasteiger partial charge < -0.3 is 9.90 Å².